The maximum absolute atomic E-state index is 6.09. The molecule has 1 aromatic carbocycles. The number of rotatable bonds is 3. The molecule has 0 amide bonds. The van der Waals surface area contributed by atoms with Gasteiger partial charge in [0.15, 0.2) is 0 Å². The van der Waals surface area contributed by atoms with Crippen molar-refractivity contribution in [3.8, 4) is 0 Å². The summed E-state index contributed by atoms with van der Waals surface area (Å²) in [5.41, 5.74) is 9.84. The van der Waals surface area contributed by atoms with Gasteiger partial charge in [0, 0.05) is 24.8 Å². The van der Waals surface area contributed by atoms with Crippen molar-refractivity contribution < 1.29 is 0 Å². The maximum atomic E-state index is 6.09. The predicted molar refractivity (Wildman–Crippen MR) is 73.9 cm³/mol. The van der Waals surface area contributed by atoms with Crippen LogP contribution >= 0.6 is 0 Å². The Bertz CT molecular complexity index is 387. The molecule has 0 bridgehead atoms. The first-order valence-corrected chi connectivity index (χ1v) is 6.73. The second kappa shape index (κ2) is 5.09. The minimum Gasteiger partial charge on any atom is -0.398 e. The first-order chi connectivity index (χ1) is 8.13. The third-order valence-electron chi connectivity index (χ3n) is 4.38. The lowest BCUT2D eigenvalue weighted by Gasteiger charge is -2.37. The Morgan fingerprint density at radius 3 is 2.82 bits per heavy atom. The molecule has 17 heavy (non-hydrogen) atoms. The van der Waals surface area contributed by atoms with Gasteiger partial charge in [-0.15, -0.1) is 0 Å². The van der Waals surface area contributed by atoms with Crippen LogP contribution < -0.4 is 5.73 Å². The van der Waals surface area contributed by atoms with E-state index in [-0.39, 0.29) is 0 Å². The molecule has 94 valence electrons. The summed E-state index contributed by atoms with van der Waals surface area (Å²) in [4.78, 5) is 2.58. The number of nitrogens with zero attached hydrogens (tertiary/aromatic N) is 1. The highest BCUT2D eigenvalue weighted by molar-refractivity contribution is 5.51. The number of fused-ring (bicyclic) bond motifs is 1. The molecule has 0 aliphatic carbocycles. The van der Waals surface area contributed by atoms with Crippen LogP contribution in [0.4, 0.5) is 5.69 Å². The molecule has 2 N–H and O–H groups in total. The molecule has 0 spiro atoms. The van der Waals surface area contributed by atoms with Gasteiger partial charge in [-0.2, -0.15) is 0 Å². The lowest BCUT2D eigenvalue weighted by molar-refractivity contribution is 0.144. The minimum absolute atomic E-state index is 0.646. The van der Waals surface area contributed by atoms with Crippen molar-refractivity contribution in [2.24, 2.45) is 5.92 Å². The fourth-order valence-corrected chi connectivity index (χ4v) is 2.68. The minimum atomic E-state index is 0.646. The molecular formula is C15H24N2. The van der Waals surface area contributed by atoms with Gasteiger partial charge >= 0.3 is 0 Å². The van der Waals surface area contributed by atoms with Crippen molar-refractivity contribution in [2.75, 3.05) is 12.3 Å². The molecule has 2 nitrogen and oxygen atoms in total. The Kier molecular flexibility index (Phi) is 3.72. The van der Waals surface area contributed by atoms with E-state index in [1.165, 1.54) is 24.1 Å². The standard InChI is InChI=1S/C15H24N2/c1-4-11(2)12(3)17-9-8-13-6-5-7-15(16)14(13)10-17/h5-7,11-12H,4,8-10,16H2,1-3H3. The van der Waals surface area contributed by atoms with Crippen molar-refractivity contribution in [1.29, 1.82) is 0 Å². The second-order valence-electron chi connectivity index (χ2n) is 5.33. The van der Waals surface area contributed by atoms with E-state index in [0.717, 1.165) is 24.6 Å². The number of nitrogens with two attached hydrogens (primary N) is 1. The highest BCUT2D eigenvalue weighted by atomic mass is 15.2. The van der Waals surface area contributed by atoms with Crippen LogP contribution in [0, 0.1) is 5.92 Å². The van der Waals surface area contributed by atoms with Crippen LogP contribution in [0.15, 0.2) is 18.2 Å². The predicted octanol–water partition coefficient (Wildman–Crippen LogP) is 3.06. The van der Waals surface area contributed by atoms with Crippen molar-refractivity contribution in [3.63, 3.8) is 0 Å². The summed E-state index contributed by atoms with van der Waals surface area (Å²) in [6.07, 6.45) is 2.38. The van der Waals surface area contributed by atoms with E-state index < -0.39 is 0 Å². The first kappa shape index (κ1) is 12.4. The quantitative estimate of drug-likeness (QED) is 0.812. The third kappa shape index (κ3) is 2.47. The zero-order valence-corrected chi connectivity index (χ0v) is 11.2. The number of hydrogen-bond acceptors (Lipinski definition) is 2. The number of benzene rings is 1. The van der Waals surface area contributed by atoms with E-state index in [1.54, 1.807) is 0 Å². The summed E-state index contributed by atoms with van der Waals surface area (Å²) in [5.74, 6) is 0.751. The SMILES string of the molecule is CCC(C)C(C)N1CCc2cccc(N)c2C1. The Balaban J connectivity index is 2.15. The van der Waals surface area contributed by atoms with E-state index in [0.29, 0.717) is 6.04 Å². The topological polar surface area (TPSA) is 29.3 Å². The number of hydrogen-bond donors (Lipinski definition) is 1. The fraction of sp³-hybridized carbons (Fsp3) is 0.600. The summed E-state index contributed by atoms with van der Waals surface area (Å²) in [7, 11) is 0. The average molecular weight is 232 g/mol. The van der Waals surface area contributed by atoms with Gasteiger partial charge in [0.2, 0.25) is 0 Å². The first-order valence-electron chi connectivity index (χ1n) is 6.73. The Labute approximate surface area is 105 Å². The largest absolute Gasteiger partial charge is 0.398 e. The van der Waals surface area contributed by atoms with Crippen LogP contribution in [-0.4, -0.2) is 17.5 Å². The second-order valence-corrected chi connectivity index (χ2v) is 5.33. The van der Waals surface area contributed by atoms with Gasteiger partial charge in [-0.05, 0) is 36.5 Å². The molecule has 2 heteroatoms. The number of nitrogen functional groups attached to an aromatic ring is 1. The van der Waals surface area contributed by atoms with Crippen molar-refractivity contribution >= 4 is 5.69 Å². The molecule has 2 atom stereocenters. The molecular weight excluding hydrogens is 208 g/mol. The van der Waals surface area contributed by atoms with E-state index in [4.69, 9.17) is 5.73 Å². The molecule has 1 aliphatic heterocycles. The van der Waals surface area contributed by atoms with Crippen LogP contribution in [0.25, 0.3) is 0 Å². The lowest BCUT2D eigenvalue weighted by atomic mass is 9.93. The van der Waals surface area contributed by atoms with Crippen LogP contribution in [0.5, 0.6) is 0 Å². The van der Waals surface area contributed by atoms with E-state index in [9.17, 15) is 0 Å². The van der Waals surface area contributed by atoms with Gasteiger partial charge in [0.25, 0.3) is 0 Å². The van der Waals surface area contributed by atoms with Crippen LogP contribution in [0.2, 0.25) is 0 Å². The highest BCUT2D eigenvalue weighted by Crippen LogP contribution is 2.27. The molecule has 2 rings (SSSR count). The molecule has 0 aromatic heterocycles. The van der Waals surface area contributed by atoms with E-state index >= 15 is 0 Å². The van der Waals surface area contributed by atoms with E-state index in [2.05, 4.69) is 37.8 Å². The molecule has 1 aliphatic rings. The average Bonchev–Trinajstić information content (AvgIpc) is 2.37. The van der Waals surface area contributed by atoms with Crippen LogP contribution in [0.3, 0.4) is 0 Å². The molecule has 0 fully saturated rings. The van der Waals surface area contributed by atoms with Gasteiger partial charge in [-0.25, -0.2) is 0 Å². The molecule has 0 saturated carbocycles. The van der Waals surface area contributed by atoms with Gasteiger partial charge in [0.1, 0.15) is 0 Å². The van der Waals surface area contributed by atoms with Crippen LogP contribution in [0.1, 0.15) is 38.3 Å². The van der Waals surface area contributed by atoms with Gasteiger partial charge < -0.3 is 5.73 Å². The summed E-state index contributed by atoms with van der Waals surface area (Å²) in [6, 6.07) is 6.96. The summed E-state index contributed by atoms with van der Waals surface area (Å²) in [6.45, 7) is 9.15. The monoisotopic (exact) mass is 232 g/mol. The molecule has 2 unspecified atom stereocenters. The zero-order chi connectivity index (χ0) is 12.4. The van der Waals surface area contributed by atoms with Crippen molar-refractivity contribution in [2.45, 2.75) is 46.2 Å². The Morgan fingerprint density at radius 1 is 1.35 bits per heavy atom. The third-order valence-corrected chi connectivity index (χ3v) is 4.38. The molecule has 1 heterocycles. The van der Waals surface area contributed by atoms with Gasteiger partial charge in [0.05, 0.1) is 0 Å². The number of anilines is 1. The van der Waals surface area contributed by atoms with E-state index in [1.807, 2.05) is 6.07 Å². The maximum Gasteiger partial charge on any atom is 0.0362 e. The van der Waals surface area contributed by atoms with Crippen molar-refractivity contribution in [3.05, 3.63) is 29.3 Å². The molecule has 0 radical (unpaired) electrons. The fourth-order valence-electron chi connectivity index (χ4n) is 2.68. The summed E-state index contributed by atoms with van der Waals surface area (Å²) in [5, 5.41) is 0. The highest BCUT2D eigenvalue weighted by Gasteiger charge is 2.24. The zero-order valence-electron chi connectivity index (χ0n) is 11.2. The Morgan fingerprint density at radius 2 is 2.12 bits per heavy atom. The Hall–Kier alpha value is -1.02. The van der Waals surface area contributed by atoms with Crippen molar-refractivity contribution in [1.82, 2.24) is 4.90 Å². The normalized spacial score (nSPS) is 19.7. The summed E-state index contributed by atoms with van der Waals surface area (Å²) < 4.78 is 0. The van der Waals surface area contributed by atoms with Crippen LogP contribution in [-0.2, 0) is 13.0 Å². The lowest BCUT2D eigenvalue weighted by Crippen LogP contribution is -2.41. The smallest absolute Gasteiger partial charge is 0.0362 e. The van der Waals surface area contributed by atoms with Gasteiger partial charge in [-0.1, -0.05) is 32.4 Å². The molecule has 0 saturated heterocycles. The summed E-state index contributed by atoms with van der Waals surface area (Å²) >= 11 is 0. The van der Waals surface area contributed by atoms with Gasteiger partial charge in [-0.3, -0.25) is 4.90 Å². The molecule has 1 aromatic rings.